The Balaban J connectivity index is 1.54. The summed E-state index contributed by atoms with van der Waals surface area (Å²) < 4.78 is 0. The van der Waals surface area contributed by atoms with Gasteiger partial charge in [-0.15, -0.1) is 0 Å². The predicted octanol–water partition coefficient (Wildman–Crippen LogP) is 4.01. The maximum Gasteiger partial charge on any atom is 0.255 e. The number of hydrogen-bond acceptors (Lipinski definition) is 3. The molecule has 1 fully saturated rings. The van der Waals surface area contributed by atoms with Crippen molar-refractivity contribution in [2.24, 2.45) is 0 Å². The van der Waals surface area contributed by atoms with Gasteiger partial charge >= 0.3 is 0 Å². The molecule has 1 aliphatic rings. The first-order valence-electron chi connectivity index (χ1n) is 9.18. The minimum atomic E-state index is -0.132. The highest BCUT2D eigenvalue weighted by Gasteiger charge is 2.25. The first kappa shape index (κ1) is 20.6. The summed E-state index contributed by atoms with van der Waals surface area (Å²) in [4.78, 5) is 28.9. The van der Waals surface area contributed by atoms with Gasteiger partial charge in [0.05, 0.1) is 17.1 Å². The molecule has 0 radical (unpaired) electrons. The molecule has 3 rings (SSSR count). The summed E-state index contributed by atoms with van der Waals surface area (Å²) in [6, 6.07) is 10.7. The Kier molecular flexibility index (Phi) is 6.60. The molecule has 28 heavy (non-hydrogen) atoms. The number of amides is 2. The molecule has 0 aliphatic carbocycles. The van der Waals surface area contributed by atoms with Crippen LogP contribution in [0.15, 0.2) is 36.4 Å². The molecular weight excluding hydrogens is 397 g/mol. The largest absolute Gasteiger partial charge is 0.336 e. The average Bonchev–Trinajstić information content (AvgIpc) is 2.67. The van der Waals surface area contributed by atoms with Gasteiger partial charge in [0.2, 0.25) is 5.91 Å². The molecule has 2 aromatic rings. The monoisotopic (exact) mass is 419 g/mol. The van der Waals surface area contributed by atoms with Crippen LogP contribution in [-0.4, -0.2) is 54.3 Å². The lowest BCUT2D eigenvalue weighted by molar-refractivity contribution is -0.117. The summed E-state index contributed by atoms with van der Waals surface area (Å²) in [6.07, 6.45) is 0. The number of anilines is 1. The molecule has 0 saturated carbocycles. The van der Waals surface area contributed by atoms with Gasteiger partial charge in [-0.25, -0.2) is 0 Å². The van der Waals surface area contributed by atoms with E-state index in [1.807, 2.05) is 36.9 Å². The second-order valence-corrected chi connectivity index (χ2v) is 7.83. The average molecular weight is 420 g/mol. The van der Waals surface area contributed by atoms with Crippen LogP contribution in [0.3, 0.4) is 0 Å². The maximum absolute atomic E-state index is 12.7. The fraction of sp³-hybridized carbons (Fsp3) is 0.333. The number of rotatable bonds is 4. The van der Waals surface area contributed by atoms with Crippen LogP contribution >= 0.6 is 23.2 Å². The van der Waals surface area contributed by atoms with E-state index < -0.39 is 0 Å². The molecule has 2 amide bonds. The molecule has 1 saturated heterocycles. The molecule has 5 nitrogen and oxygen atoms in total. The van der Waals surface area contributed by atoms with E-state index in [1.165, 1.54) is 0 Å². The van der Waals surface area contributed by atoms with Gasteiger partial charge in [0.15, 0.2) is 0 Å². The zero-order chi connectivity index (χ0) is 20.3. The number of nitrogens with one attached hydrogen (secondary N) is 1. The number of nitrogens with zero attached hydrogens (tertiary/aromatic N) is 2. The lowest BCUT2D eigenvalue weighted by Gasteiger charge is -2.34. The predicted molar refractivity (Wildman–Crippen MR) is 113 cm³/mol. The third-order valence-corrected chi connectivity index (χ3v) is 5.63. The topological polar surface area (TPSA) is 52.7 Å². The molecular formula is C21H23Cl2N3O2. The molecule has 1 aliphatic heterocycles. The Morgan fingerprint density at radius 1 is 1.04 bits per heavy atom. The zero-order valence-electron chi connectivity index (χ0n) is 16.0. The van der Waals surface area contributed by atoms with Gasteiger partial charge < -0.3 is 10.2 Å². The highest BCUT2D eigenvalue weighted by molar-refractivity contribution is 6.35. The van der Waals surface area contributed by atoms with Crippen molar-refractivity contribution in [1.82, 2.24) is 9.80 Å². The SMILES string of the molecule is Cc1cccc(NC(=O)CN2CCN(C(=O)c3cc(Cl)ccc3Cl)CC2)c1C. The van der Waals surface area contributed by atoms with Crippen molar-refractivity contribution < 1.29 is 9.59 Å². The summed E-state index contributed by atoms with van der Waals surface area (Å²) in [5, 5.41) is 3.85. The molecule has 0 aromatic heterocycles. The summed E-state index contributed by atoms with van der Waals surface area (Å²) in [7, 11) is 0. The van der Waals surface area contributed by atoms with E-state index in [0.717, 1.165) is 16.8 Å². The Labute approximate surface area is 175 Å². The quantitative estimate of drug-likeness (QED) is 0.814. The van der Waals surface area contributed by atoms with Gasteiger partial charge in [0.1, 0.15) is 0 Å². The smallest absolute Gasteiger partial charge is 0.255 e. The van der Waals surface area contributed by atoms with Crippen LogP contribution < -0.4 is 5.32 Å². The van der Waals surface area contributed by atoms with E-state index >= 15 is 0 Å². The van der Waals surface area contributed by atoms with Crippen LogP contribution in [0.4, 0.5) is 5.69 Å². The second kappa shape index (κ2) is 8.95. The minimum Gasteiger partial charge on any atom is -0.336 e. The lowest BCUT2D eigenvalue weighted by atomic mass is 10.1. The molecule has 148 valence electrons. The third kappa shape index (κ3) is 4.85. The van der Waals surface area contributed by atoms with Gasteiger partial charge in [-0.1, -0.05) is 35.3 Å². The summed E-state index contributed by atoms with van der Waals surface area (Å²) in [5.74, 6) is -0.182. The Morgan fingerprint density at radius 3 is 2.46 bits per heavy atom. The number of carbonyl (C=O) groups is 2. The molecule has 0 unspecified atom stereocenters. The van der Waals surface area contributed by atoms with Gasteiger partial charge in [0.25, 0.3) is 5.91 Å². The normalized spacial score (nSPS) is 14.8. The minimum absolute atomic E-state index is 0.0497. The second-order valence-electron chi connectivity index (χ2n) is 6.99. The highest BCUT2D eigenvalue weighted by Crippen LogP contribution is 2.23. The number of benzene rings is 2. The van der Waals surface area contributed by atoms with E-state index in [-0.39, 0.29) is 11.8 Å². The van der Waals surface area contributed by atoms with Crippen LogP contribution in [0.1, 0.15) is 21.5 Å². The van der Waals surface area contributed by atoms with Crippen molar-refractivity contribution in [2.75, 3.05) is 38.0 Å². The van der Waals surface area contributed by atoms with Gasteiger partial charge in [0, 0.05) is 36.9 Å². The van der Waals surface area contributed by atoms with E-state index in [2.05, 4.69) is 5.32 Å². The van der Waals surface area contributed by atoms with Crippen molar-refractivity contribution in [3.8, 4) is 0 Å². The van der Waals surface area contributed by atoms with Crippen molar-refractivity contribution in [3.05, 3.63) is 63.1 Å². The van der Waals surface area contributed by atoms with Crippen LogP contribution in [0.5, 0.6) is 0 Å². The summed E-state index contributed by atoms with van der Waals surface area (Å²) >= 11 is 12.1. The molecule has 0 atom stereocenters. The lowest BCUT2D eigenvalue weighted by Crippen LogP contribution is -2.50. The van der Waals surface area contributed by atoms with E-state index in [4.69, 9.17) is 23.2 Å². The number of halogens is 2. The Morgan fingerprint density at radius 2 is 1.75 bits per heavy atom. The first-order valence-corrected chi connectivity index (χ1v) is 9.93. The number of aryl methyl sites for hydroxylation is 1. The maximum atomic E-state index is 12.7. The van der Waals surface area contributed by atoms with Crippen LogP contribution in [-0.2, 0) is 4.79 Å². The molecule has 7 heteroatoms. The number of piperazine rings is 1. The standard InChI is InChI=1S/C21H23Cl2N3O2/c1-14-4-3-5-19(15(14)2)24-20(27)13-25-8-10-26(11-9-25)21(28)17-12-16(22)6-7-18(17)23/h3-7,12H,8-11,13H2,1-2H3,(H,24,27). The molecule has 1 N–H and O–H groups in total. The van der Waals surface area contributed by atoms with Gasteiger partial charge in [-0.2, -0.15) is 0 Å². The van der Waals surface area contributed by atoms with Crippen molar-refractivity contribution in [3.63, 3.8) is 0 Å². The van der Waals surface area contributed by atoms with Crippen LogP contribution in [0, 0.1) is 13.8 Å². The zero-order valence-corrected chi connectivity index (χ0v) is 17.5. The highest BCUT2D eigenvalue weighted by atomic mass is 35.5. The molecule has 2 aromatic carbocycles. The van der Waals surface area contributed by atoms with Gasteiger partial charge in [-0.3, -0.25) is 14.5 Å². The van der Waals surface area contributed by atoms with Crippen molar-refractivity contribution in [2.45, 2.75) is 13.8 Å². The molecule has 1 heterocycles. The summed E-state index contributed by atoms with van der Waals surface area (Å²) in [6.45, 7) is 6.65. The van der Waals surface area contributed by atoms with Crippen molar-refractivity contribution in [1.29, 1.82) is 0 Å². The van der Waals surface area contributed by atoms with E-state index in [1.54, 1.807) is 23.1 Å². The Hall–Kier alpha value is -2.08. The van der Waals surface area contributed by atoms with Crippen molar-refractivity contribution >= 4 is 40.7 Å². The fourth-order valence-electron chi connectivity index (χ4n) is 3.22. The third-order valence-electron chi connectivity index (χ3n) is 5.06. The first-order chi connectivity index (χ1) is 13.3. The number of hydrogen-bond donors (Lipinski definition) is 1. The molecule has 0 bridgehead atoms. The van der Waals surface area contributed by atoms with E-state index in [0.29, 0.717) is 48.3 Å². The van der Waals surface area contributed by atoms with Gasteiger partial charge in [-0.05, 0) is 49.2 Å². The Bertz CT molecular complexity index is 893. The van der Waals surface area contributed by atoms with Crippen LogP contribution in [0.25, 0.3) is 0 Å². The van der Waals surface area contributed by atoms with E-state index in [9.17, 15) is 9.59 Å². The fourth-order valence-corrected chi connectivity index (χ4v) is 3.59. The summed E-state index contributed by atoms with van der Waals surface area (Å²) in [5.41, 5.74) is 3.47. The number of carbonyl (C=O) groups excluding carboxylic acids is 2. The van der Waals surface area contributed by atoms with Crippen LogP contribution in [0.2, 0.25) is 10.0 Å². The molecule has 0 spiro atoms.